The molecule has 2 unspecified atom stereocenters. The molecule has 0 bridgehead atoms. The fourth-order valence-corrected chi connectivity index (χ4v) is 3.05. The third-order valence-corrected chi connectivity index (χ3v) is 4.29. The van der Waals surface area contributed by atoms with E-state index in [9.17, 15) is 5.11 Å². The van der Waals surface area contributed by atoms with Crippen LogP contribution in [0.3, 0.4) is 0 Å². The molecule has 0 spiro atoms. The molecule has 0 fully saturated rings. The van der Waals surface area contributed by atoms with E-state index in [0.717, 1.165) is 23.6 Å². The highest BCUT2D eigenvalue weighted by Crippen LogP contribution is 2.48. The van der Waals surface area contributed by atoms with Gasteiger partial charge in [-0.3, -0.25) is 0 Å². The fourth-order valence-electron chi connectivity index (χ4n) is 3.05. The summed E-state index contributed by atoms with van der Waals surface area (Å²) in [5.41, 5.74) is 2.33. The Hall–Kier alpha value is -1.33. The molecule has 2 aliphatic rings. The maximum atomic E-state index is 9.80. The number of fused-ring (bicyclic) bond motifs is 3. The topological polar surface area (TPSA) is 41.7 Å². The van der Waals surface area contributed by atoms with Crippen molar-refractivity contribution in [2.75, 3.05) is 26.5 Å². The second-order valence-electron chi connectivity index (χ2n) is 5.67. The number of halogens is 1. The number of nitrogens with zero attached hydrogens (tertiary/aromatic N) is 1. The molecule has 23 heavy (non-hydrogen) atoms. The zero-order valence-electron chi connectivity index (χ0n) is 14.1. The van der Waals surface area contributed by atoms with Crippen LogP contribution in [0.15, 0.2) is 24.3 Å². The zero-order valence-corrected chi connectivity index (χ0v) is 15.7. The summed E-state index contributed by atoms with van der Waals surface area (Å²) in [5.74, 6) is 3.59. The number of alkyl halides is 1. The van der Waals surface area contributed by atoms with Gasteiger partial charge < -0.3 is 14.6 Å². The molecule has 3 atom stereocenters. The van der Waals surface area contributed by atoms with Crippen LogP contribution in [0, 0.1) is 0 Å². The number of hydrogen-bond donors (Lipinski definition) is 1. The first-order chi connectivity index (χ1) is 11.1. The Labute approximate surface area is 146 Å². The third-order valence-electron chi connectivity index (χ3n) is 4.29. The molecule has 126 valence electrons. The van der Waals surface area contributed by atoms with E-state index in [4.69, 9.17) is 9.47 Å². The number of hydrogen-bond acceptors (Lipinski definition) is 3. The van der Waals surface area contributed by atoms with Gasteiger partial charge in [-0.2, -0.15) is 0 Å². The van der Waals surface area contributed by atoms with E-state index in [0.29, 0.717) is 6.42 Å². The minimum atomic E-state index is -0.419. The standard InChI is InChI=1S/C17H22NO3.CH3Br/c1-4-18(2)10-11-5-8-14(20-3)17-16(11)13-7-6-12(19)9-15(13)21-17;1-2/h5-8,10,12-13,15,19H,4,9H2,1-3H3;1H3/q+1;/t12?,13?,15-;/m0./s1. The van der Waals surface area contributed by atoms with Gasteiger partial charge in [0.05, 0.1) is 13.2 Å². The first-order valence-corrected chi connectivity index (χ1v) is 9.39. The van der Waals surface area contributed by atoms with Gasteiger partial charge in [-0.25, -0.2) is 4.58 Å². The lowest BCUT2D eigenvalue weighted by Gasteiger charge is -2.22. The predicted octanol–water partition coefficient (Wildman–Crippen LogP) is 2.95. The van der Waals surface area contributed by atoms with Crippen molar-refractivity contribution in [2.45, 2.75) is 31.5 Å². The van der Waals surface area contributed by atoms with Crippen LogP contribution in [0.2, 0.25) is 0 Å². The van der Waals surface area contributed by atoms with Crippen LogP contribution in [-0.2, 0) is 0 Å². The van der Waals surface area contributed by atoms with E-state index in [-0.39, 0.29) is 12.0 Å². The van der Waals surface area contributed by atoms with E-state index in [1.807, 2.05) is 18.0 Å². The molecule has 1 aromatic carbocycles. The first kappa shape index (κ1) is 18.0. The predicted molar refractivity (Wildman–Crippen MR) is 96.7 cm³/mol. The highest BCUT2D eigenvalue weighted by Gasteiger charge is 2.39. The lowest BCUT2D eigenvalue weighted by molar-refractivity contribution is -0.488. The van der Waals surface area contributed by atoms with E-state index in [1.165, 1.54) is 5.56 Å². The second kappa shape index (κ2) is 7.97. The summed E-state index contributed by atoms with van der Waals surface area (Å²) >= 11 is 2.94. The van der Waals surface area contributed by atoms with Gasteiger partial charge in [-0.1, -0.05) is 28.1 Å². The molecule has 0 saturated carbocycles. The lowest BCUT2D eigenvalue weighted by Crippen LogP contribution is -2.27. The summed E-state index contributed by atoms with van der Waals surface area (Å²) < 4.78 is 13.7. The molecule has 1 aliphatic heterocycles. The number of ether oxygens (including phenoxy) is 2. The summed E-state index contributed by atoms with van der Waals surface area (Å²) in [6.07, 6.45) is 6.28. The molecule has 0 saturated heterocycles. The maximum absolute atomic E-state index is 9.80. The molecule has 0 aromatic heterocycles. The number of aliphatic hydroxyl groups is 1. The molecule has 0 amide bonds. The van der Waals surface area contributed by atoms with Gasteiger partial charge in [0.1, 0.15) is 19.7 Å². The van der Waals surface area contributed by atoms with Crippen LogP contribution in [-0.4, -0.2) is 54.6 Å². The third kappa shape index (κ3) is 3.61. The van der Waals surface area contributed by atoms with Gasteiger partial charge in [-0.15, -0.1) is 0 Å². The van der Waals surface area contributed by atoms with Crippen LogP contribution in [0.4, 0.5) is 0 Å². The molecule has 1 N–H and O–H groups in total. The zero-order chi connectivity index (χ0) is 17.0. The van der Waals surface area contributed by atoms with E-state index in [1.54, 1.807) is 7.11 Å². The molecule has 1 aromatic rings. The Morgan fingerprint density at radius 2 is 2.13 bits per heavy atom. The minimum Gasteiger partial charge on any atom is -0.493 e. The Kier molecular flexibility index (Phi) is 6.25. The van der Waals surface area contributed by atoms with Crippen molar-refractivity contribution in [3.63, 3.8) is 0 Å². The van der Waals surface area contributed by atoms with Crippen LogP contribution in [0.25, 0.3) is 0 Å². The van der Waals surface area contributed by atoms with Gasteiger partial charge in [0.15, 0.2) is 17.7 Å². The van der Waals surface area contributed by atoms with Crippen molar-refractivity contribution in [1.82, 2.24) is 0 Å². The van der Waals surface area contributed by atoms with Gasteiger partial charge >= 0.3 is 0 Å². The van der Waals surface area contributed by atoms with Crippen molar-refractivity contribution < 1.29 is 19.2 Å². The van der Waals surface area contributed by atoms with Crippen molar-refractivity contribution in [3.8, 4) is 11.5 Å². The Balaban J connectivity index is 0.000000924. The maximum Gasteiger partial charge on any atom is 0.170 e. The quantitative estimate of drug-likeness (QED) is 0.378. The number of methoxy groups -OCH3 is 1. The van der Waals surface area contributed by atoms with Crippen LogP contribution >= 0.6 is 15.9 Å². The van der Waals surface area contributed by atoms with Crippen LogP contribution in [0.5, 0.6) is 11.5 Å². The van der Waals surface area contributed by atoms with Crippen molar-refractivity contribution in [1.29, 1.82) is 0 Å². The largest absolute Gasteiger partial charge is 0.493 e. The van der Waals surface area contributed by atoms with E-state index >= 15 is 0 Å². The number of aliphatic hydroxyl groups excluding tert-OH is 1. The average Bonchev–Trinajstić information content (AvgIpc) is 2.95. The van der Waals surface area contributed by atoms with Crippen molar-refractivity contribution in [2.24, 2.45) is 0 Å². The number of benzene rings is 1. The molecule has 5 heteroatoms. The first-order valence-electron chi connectivity index (χ1n) is 7.80. The molecule has 3 rings (SSSR count). The molecule has 1 aliphatic carbocycles. The minimum absolute atomic E-state index is 0.00428. The summed E-state index contributed by atoms with van der Waals surface area (Å²) in [7, 11) is 3.72. The lowest BCUT2D eigenvalue weighted by atomic mass is 9.85. The van der Waals surface area contributed by atoms with E-state index in [2.05, 4.69) is 52.8 Å². The summed E-state index contributed by atoms with van der Waals surface area (Å²) in [5, 5.41) is 9.80. The van der Waals surface area contributed by atoms with Gasteiger partial charge in [0, 0.05) is 23.5 Å². The highest BCUT2D eigenvalue weighted by atomic mass is 79.9. The van der Waals surface area contributed by atoms with Crippen LogP contribution in [0.1, 0.15) is 30.4 Å². The van der Waals surface area contributed by atoms with Crippen molar-refractivity contribution >= 4 is 22.1 Å². The van der Waals surface area contributed by atoms with E-state index < -0.39 is 6.10 Å². The van der Waals surface area contributed by atoms with Gasteiger partial charge in [0.25, 0.3) is 0 Å². The van der Waals surface area contributed by atoms with Gasteiger partial charge in [0.2, 0.25) is 0 Å². The molecular weight excluding hydrogens is 358 g/mol. The molecular formula is C18H25BrNO3+. The summed E-state index contributed by atoms with van der Waals surface area (Å²) in [6.45, 7) is 3.07. The van der Waals surface area contributed by atoms with Gasteiger partial charge in [-0.05, 0) is 24.9 Å². The SMILES string of the molecule is CBr.CC[N+](C)=Cc1ccc(OC)c2c1C1C=CC(O)C[C@@H]1O2. The smallest absolute Gasteiger partial charge is 0.170 e. The molecule has 1 heterocycles. The fraction of sp³-hybridized carbons (Fsp3) is 0.500. The Morgan fingerprint density at radius 3 is 2.78 bits per heavy atom. The monoisotopic (exact) mass is 382 g/mol. The Bertz CT molecular complexity index is 613. The highest BCUT2D eigenvalue weighted by molar-refractivity contribution is 9.08. The molecule has 4 nitrogen and oxygen atoms in total. The summed E-state index contributed by atoms with van der Waals surface area (Å²) in [6, 6.07) is 4.03. The normalized spacial score (nSPS) is 25.0. The van der Waals surface area contributed by atoms with Crippen LogP contribution < -0.4 is 9.47 Å². The second-order valence-corrected chi connectivity index (χ2v) is 5.67. The molecule has 0 radical (unpaired) electrons. The summed E-state index contributed by atoms with van der Waals surface area (Å²) in [4.78, 5) is 0. The average molecular weight is 383 g/mol. The van der Waals surface area contributed by atoms with Crippen molar-refractivity contribution in [3.05, 3.63) is 35.4 Å². The number of rotatable bonds is 3. The Morgan fingerprint density at radius 1 is 1.39 bits per heavy atom.